The summed E-state index contributed by atoms with van der Waals surface area (Å²) in [5, 5.41) is 0. The van der Waals surface area contributed by atoms with Crippen LogP contribution in [0.4, 0.5) is 0 Å². The summed E-state index contributed by atoms with van der Waals surface area (Å²) < 4.78 is 7.00. The molecule has 0 aliphatic carbocycles. The number of carbonyl (C=O) groups excluding carboxylic acids is 1. The average Bonchev–Trinajstić information content (AvgIpc) is 2.44. The van der Waals surface area contributed by atoms with Crippen molar-refractivity contribution in [2.75, 3.05) is 6.61 Å². The van der Waals surface area contributed by atoms with Gasteiger partial charge in [0.1, 0.15) is 0 Å². The van der Waals surface area contributed by atoms with Gasteiger partial charge in [0.15, 0.2) is 0 Å². The van der Waals surface area contributed by atoms with E-state index in [-0.39, 0.29) is 5.97 Å². The van der Waals surface area contributed by atoms with E-state index in [0.717, 1.165) is 17.8 Å². The molecular weight excluding hydrogens is 178 g/mol. The molecule has 0 bridgehead atoms. The maximum absolute atomic E-state index is 11.5. The molecule has 1 heterocycles. The summed E-state index contributed by atoms with van der Waals surface area (Å²) in [4.78, 5) is 11.5. The molecule has 3 heteroatoms. The molecule has 0 saturated carbocycles. The van der Waals surface area contributed by atoms with E-state index in [1.54, 1.807) is 0 Å². The van der Waals surface area contributed by atoms with Crippen molar-refractivity contribution in [3.05, 3.63) is 23.0 Å². The molecule has 0 aliphatic rings. The molecule has 0 aromatic carbocycles. The lowest BCUT2D eigenvalue weighted by atomic mass is 10.2. The Labute approximate surface area is 84.7 Å². The van der Waals surface area contributed by atoms with Crippen LogP contribution in [-0.4, -0.2) is 17.1 Å². The Morgan fingerprint density at radius 1 is 1.50 bits per heavy atom. The van der Waals surface area contributed by atoms with Crippen molar-refractivity contribution in [3.63, 3.8) is 0 Å². The van der Waals surface area contributed by atoms with Crippen LogP contribution in [0.25, 0.3) is 0 Å². The Bertz CT molecular complexity index is 339. The lowest BCUT2D eigenvalue weighted by Crippen LogP contribution is -2.06. The van der Waals surface area contributed by atoms with Crippen molar-refractivity contribution < 1.29 is 9.53 Å². The molecule has 0 aliphatic heterocycles. The van der Waals surface area contributed by atoms with Crippen molar-refractivity contribution in [1.29, 1.82) is 0 Å². The lowest BCUT2D eigenvalue weighted by Gasteiger charge is -2.02. The summed E-state index contributed by atoms with van der Waals surface area (Å²) in [5.74, 6) is -0.222. The number of esters is 1. The van der Waals surface area contributed by atoms with Gasteiger partial charge in [0.05, 0.1) is 12.2 Å². The minimum Gasteiger partial charge on any atom is -0.462 e. The number of carbonyl (C=O) groups is 1. The molecule has 1 rings (SSSR count). The lowest BCUT2D eigenvalue weighted by molar-refractivity contribution is 0.0525. The number of hydrogen-bond acceptors (Lipinski definition) is 2. The van der Waals surface area contributed by atoms with Crippen molar-refractivity contribution in [1.82, 2.24) is 4.57 Å². The van der Waals surface area contributed by atoms with E-state index >= 15 is 0 Å². The highest BCUT2D eigenvalue weighted by Crippen LogP contribution is 2.15. The molecule has 0 spiro atoms. The van der Waals surface area contributed by atoms with Gasteiger partial charge in [-0.1, -0.05) is 6.92 Å². The van der Waals surface area contributed by atoms with Gasteiger partial charge in [0.25, 0.3) is 0 Å². The van der Waals surface area contributed by atoms with Crippen LogP contribution in [0.3, 0.4) is 0 Å². The average molecular weight is 195 g/mol. The van der Waals surface area contributed by atoms with Crippen molar-refractivity contribution in [2.45, 2.75) is 27.2 Å². The zero-order chi connectivity index (χ0) is 10.7. The topological polar surface area (TPSA) is 31.2 Å². The van der Waals surface area contributed by atoms with Crippen LogP contribution < -0.4 is 0 Å². The highest BCUT2D eigenvalue weighted by atomic mass is 16.5. The Morgan fingerprint density at radius 3 is 2.57 bits per heavy atom. The molecule has 1 aromatic rings. The second-order valence-corrected chi connectivity index (χ2v) is 3.27. The molecule has 0 saturated heterocycles. The van der Waals surface area contributed by atoms with Gasteiger partial charge in [-0.3, -0.25) is 0 Å². The smallest absolute Gasteiger partial charge is 0.339 e. The molecule has 0 amide bonds. The first-order chi connectivity index (χ1) is 6.61. The fourth-order valence-electron chi connectivity index (χ4n) is 1.52. The quantitative estimate of drug-likeness (QED) is 0.691. The second-order valence-electron chi connectivity index (χ2n) is 3.27. The number of hydrogen-bond donors (Lipinski definition) is 0. The molecule has 1 aromatic heterocycles. The normalized spacial score (nSPS) is 10.3. The van der Waals surface area contributed by atoms with E-state index in [9.17, 15) is 4.79 Å². The van der Waals surface area contributed by atoms with Gasteiger partial charge < -0.3 is 9.30 Å². The summed E-state index contributed by atoms with van der Waals surface area (Å²) in [6, 6.07) is 1.91. The largest absolute Gasteiger partial charge is 0.462 e. The predicted octanol–water partition coefficient (Wildman–Crippen LogP) is 2.07. The predicted molar refractivity (Wildman–Crippen MR) is 55.5 cm³/mol. The Balaban J connectivity index is 3.04. The maximum atomic E-state index is 11.5. The third-order valence-electron chi connectivity index (χ3n) is 2.49. The first-order valence-electron chi connectivity index (χ1n) is 4.94. The molecule has 0 unspecified atom stereocenters. The van der Waals surface area contributed by atoms with Crippen LogP contribution >= 0.6 is 0 Å². The van der Waals surface area contributed by atoms with Crippen LogP contribution in [-0.2, 0) is 18.2 Å². The summed E-state index contributed by atoms with van der Waals surface area (Å²) in [6.45, 7) is 6.25. The van der Waals surface area contributed by atoms with Gasteiger partial charge in [-0.2, -0.15) is 0 Å². The van der Waals surface area contributed by atoms with Crippen LogP contribution in [0.5, 0.6) is 0 Å². The number of aromatic nitrogens is 1. The Morgan fingerprint density at radius 2 is 2.14 bits per heavy atom. The highest BCUT2D eigenvalue weighted by molar-refractivity contribution is 5.91. The van der Waals surface area contributed by atoms with Gasteiger partial charge in [-0.15, -0.1) is 0 Å². The molecule has 0 N–H and O–H groups in total. The number of nitrogens with zero attached hydrogens (tertiary/aromatic N) is 1. The first kappa shape index (κ1) is 10.8. The molecule has 14 heavy (non-hydrogen) atoms. The molecule has 0 fully saturated rings. The number of ether oxygens (including phenoxy) is 1. The molecule has 3 nitrogen and oxygen atoms in total. The van der Waals surface area contributed by atoms with Gasteiger partial charge in [0, 0.05) is 18.4 Å². The maximum Gasteiger partial charge on any atom is 0.339 e. The van der Waals surface area contributed by atoms with Crippen molar-refractivity contribution in [2.24, 2.45) is 7.05 Å². The summed E-state index contributed by atoms with van der Waals surface area (Å²) in [5.41, 5.74) is 2.82. The van der Waals surface area contributed by atoms with Gasteiger partial charge in [0.2, 0.25) is 0 Å². The fraction of sp³-hybridized carbons (Fsp3) is 0.545. The van der Waals surface area contributed by atoms with Gasteiger partial charge in [-0.25, -0.2) is 4.79 Å². The Kier molecular flexibility index (Phi) is 3.33. The van der Waals surface area contributed by atoms with Crippen molar-refractivity contribution in [3.8, 4) is 0 Å². The van der Waals surface area contributed by atoms with Crippen LogP contribution in [0, 0.1) is 6.92 Å². The minimum absolute atomic E-state index is 0.222. The molecular formula is C11H17NO2. The Hall–Kier alpha value is -1.25. The minimum atomic E-state index is -0.222. The SMILES string of the molecule is CCOC(=O)c1cc(CC)n(C)c1C. The van der Waals surface area contributed by atoms with E-state index in [1.807, 2.05) is 31.5 Å². The van der Waals surface area contributed by atoms with Gasteiger partial charge in [-0.05, 0) is 26.3 Å². The van der Waals surface area contributed by atoms with Crippen LogP contribution in [0.1, 0.15) is 35.6 Å². The number of aryl methyl sites for hydroxylation is 1. The van der Waals surface area contributed by atoms with E-state index in [2.05, 4.69) is 6.92 Å². The van der Waals surface area contributed by atoms with Gasteiger partial charge >= 0.3 is 5.97 Å². The summed E-state index contributed by atoms with van der Waals surface area (Å²) >= 11 is 0. The zero-order valence-electron chi connectivity index (χ0n) is 9.26. The summed E-state index contributed by atoms with van der Waals surface area (Å²) in [7, 11) is 1.97. The van der Waals surface area contributed by atoms with E-state index < -0.39 is 0 Å². The van der Waals surface area contributed by atoms with Crippen molar-refractivity contribution >= 4 is 5.97 Å². The number of rotatable bonds is 3. The molecule has 78 valence electrons. The third-order valence-corrected chi connectivity index (χ3v) is 2.49. The van der Waals surface area contributed by atoms with E-state index in [0.29, 0.717) is 12.2 Å². The van der Waals surface area contributed by atoms with E-state index in [1.165, 1.54) is 0 Å². The fourth-order valence-corrected chi connectivity index (χ4v) is 1.52. The molecule has 0 atom stereocenters. The standard InChI is InChI=1S/C11H17NO2/c1-5-9-7-10(8(3)12(9)4)11(13)14-6-2/h7H,5-6H2,1-4H3. The van der Waals surface area contributed by atoms with Crippen LogP contribution in [0.15, 0.2) is 6.07 Å². The van der Waals surface area contributed by atoms with E-state index in [4.69, 9.17) is 4.74 Å². The highest BCUT2D eigenvalue weighted by Gasteiger charge is 2.15. The monoisotopic (exact) mass is 195 g/mol. The van der Waals surface area contributed by atoms with Crippen LogP contribution in [0.2, 0.25) is 0 Å². The summed E-state index contributed by atoms with van der Waals surface area (Å²) in [6.07, 6.45) is 0.927. The first-order valence-corrected chi connectivity index (χ1v) is 4.94. The molecule has 0 radical (unpaired) electrons. The second kappa shape index (κ2) is 4.31. The third kappa shape index (κ3) is 1.81. The zero-order valence-corrected chi connectivity index (χ0v) is 9.26.